The van der Waals surface area contributed by atoms with Crippen LogP contribution >= 0.6 is 6.29 Å². The Kier molecular flexibility index (Phi) is 6.92. The summed E-state index contributed by atoms with van der Waals surface area (Å²) >= 11 is -0.384. The molecule has 0 aromatic rings. The predicted octanol–water partition coefficient (Wildman–Crippen LogP) is 1.88. The second-order valence-corrected chi connectivity index (χ2v) is 8.97. The molecule has 0 fully saturated rings. The summed E-state index contributed by atoms with van der Waals surface area (Å²) in [4.78, 5) is 10.7. The Morgan fingerprint density at radius 2 is 1.77 bits per heavy atom. The Labute approximate surface area is 84.7 Å². The molecule has 0 N–H and O–H groups in total. The molecule has 0 saturated carbocycles. The first-order chi connectivity index (χ1) is 6.04. The normalized spacial score (nSPS) is 11.6. The number of rotatable bonds is 7. The summed E-state index contributed by atoms with van der Waals surface area (Å²) in [7, 11) is 0. The van der Waals surface area contributed by atoms with Gasteiger partial charge >= 0.3 is 84.3 Å². The molecule has 0 unspecified atom stereocenters. The maximum absolute atomic E-state index is 11.7. The Morgan fingerprint density at radius 1 is 1.31 bits per heavy atom. The minimum absolute atomic E-state index is 0.0274. The van der Waals surface area contributed by atoms with Crippen molar-refractivity contribution in [2.45, 2.75) is 26.1 Å². The molecule has 0 spiro atoms. The van der Waals surface area contributed by atoms with Crippen molar-refractivity contribution in [2.24, 2.45) is 0 Å². The van der Waals surface area contributed by atoms with E-state index in [-0.39, 0.29) is 20.3 Å². The molecule has 0 aliphatic carbocycles. The molecule has 13 heavy (non-hydrogen) atoms. The van der Waals surface area contributed by atoms with Crippen LogP contribution in [-0.4, -0.2) is 33.5 Å². The van der Waals surface area contributed by atoms with Gasteiger partial charge in [-0.3, -0.25) is 0 Å². The maximum atomic E-state index is 11.7. The van der Waals surface area contributed by atoms with E-state index >= 15 is 0 Å². The van der Waals surface area contributed by atoms with Gasteiger partial charge in [-0.2, -0.15) is 0 Å². The molecule has 0 amide bonds. The number of carbonyl (C=O) groups is 1. The molecule has 0 aliphatic rings. The van der Waals surface area contributed by atoms with Crippen LogP contribution in [-0.2, 0) is 18.4 Å². The molecule has 0 aromatic carbocycles. The molecule has 0 radical (unpaired) electrons. The van der Waals surface area contributed by atoms with Gasteiger partial charge in [0, 0.05) is 0 Å². The van der Waals surface area contributed by atoms with Gasteiger partial charge in [-0.15, -0.1) is 0 Å². The van der Waals surface area contributed by atoms with Crippen LogP contribution in [0.25, 0.3) is 0 Å². The molecule has 0 aliphatic heterocycles. The van der Waals surface area contributed by atoms with Gasteiger partial charge in [0.1, 0.15) is 0 Å². The van der Waals surface area contributed by atoms with Gasteiger partial charge in [-0.1, -0.05) is 0 Å². The van der Waals surface area contributed by atoms with Gasteiger partial charge in [0.25, 0.3) is 0 Å². The number of hydrogen-bond acceptors (Lipinski definition) is 4. The van der Waals surface area contributed by atoms with Crippen LogP contribution in [0.3, 0.4) is 0 Å². The number of carbonyl (C=O) groups excluding carboxylic acids is 1. The first-order valence-electron chi connectivity index (χ1n) is 4.07. The predicted molar refractivity (Wildman–Crippen MR) is 52.1 cm³/mol. The first kappa shape index (κ1) is 13.3. The van der Waals surface area contributed by atoms with Crippen LogP contribution in [0, 0.1) is 0 Å². The van der Waals surface area contributed by atoms with E-state index in [1.807, 2.05) is 0 Å². The zero-order valence-corrected chi connectivity index (χ0v) is 10.7. The van der Waals surface area contributed by atoms with Crippen molar-refractivity contribution in [3.63, 3.8) is 0 Å². The average Bonchev–Trinajstić information content (AvgIpc) is 2.02. The van der Waals surface area contributed by atoms with E-state index < -0.39 is 6.29 Å². The Balaban J connectivity index is 4.07. The minimum atomic E-state index is -2.93. The number of ketones is 1. The fourth-order valence-corrected chi connectivity index (χ4v) is 6.20. The molecule has 0 bridgehead atoms. The van der Waals surface area contributed by atoms with E-state index in [4.69, 9.17) is 9.05 Å². The molecule has 4 nitrogen and oxygen atoms in total. The Hall–Kier alpha value is 0.339. The summed E-state index contributed by atoms with van der Waals surface area (Å²) in [6.45, 7) is 5.71. The second kappa shape index (κ2) is 6.74. The van der Waals surface area contributed by atoms with Gasteiger partial charge < -0.3 is 0 Å². The topological polar surface area (TPSA) is 52.6 Å². The standard InChI is InChI=1S/C7H15O4PSe/c1-4-10-12(9,11-5-2)13-6-7(3)8/h4-6H2,1-3H3. The van der Waals surface area contributed by atoms with Crippen LogP contribution in [0.5, 0.6) is 0 Å². The SMILES string of the molecule is CCOP(=O)(OCC)[Se]CC(C)=O. The summed E-state index contributed by atoms with van der Waals surface area (Å²) in [6.07, 6.45) is -2.93. The zero-order valence-electron chi connectivity index (χ0n) is 8.11. The van der Waals surface area contributed by atoms with Crippen molar-refractivity contribution in [3.8, 4) is 0 Å². The van der Waals surface area contributed by atoms with Crippen molar-refractivity contribution in [3.05, 3.63) is 0 Å². The van der Waals surface area contributed by atoms with Gasteiger partial charge in [0.2, 0.25) is 0 Å². The molecule has 78 valence electrons. The van der Waals surface area contributed by atoms with Crippen molar-refractivity contribution >= 4 is 26.6 Å². The first-order valence-corrected chi connectivity index (χ1v) is 9.04. The third kappa shape index (κ3) is 6.42. The van der Waals surface area contributed by atoms with E-state index in [0.29, 0.717) is 18.5 Å². The molecule has 0 atom stereocenters. The fourth-order valence-electron chi connectivity index (χ4n) is 0.598. The molecule has 0 rings (SSSR count). The summed E-state index contributed by atoms with van der Waals surface area (Å²) in [5, 5.41) is 0.310. The van der Waals surface area contributed by atoms with Gasteiger partial charge in [0.15, 0.2) is 0 Å². The van der Waals surface area contributed by atoms with Crippen LogP contribution < -0.4 is 0 Å². The number of Topliss-reactive ketones (excluding diaryl/α,β-unsaturated/α-hetero) is 1. The Morgan fingerprint density at radius 3 is 2.08 bits per heavy atom. The van der Waals surface area contributed by atoms with Crippen molar-refractivity contribution < 1.29 is 18.4 Å². The summed E-state index contributed by atoms with van der Waals surface area (Å²) < 4.78 is 21.8. The van der Waals surface area contributed by atoms with Gasteiger partial charge in [-0.25, -0.2) is 0 Å². The van der Waals surface area contributed by atoms with Crippen LogP contribution in [0.4, 0.5) is 0 Å². The van der Waals surface area contributed by atoms with Gasteiger partial charge in [0.05, 0.1) is 0 Å². The van der Waals surface area contributed by atoms with E-state index in [9.17, 15) is 9.36 Å². The van der Waals surface area contributed by atoms with Gasteiger partial charge in [-0.05, 0) is 0 Å². The zero-order chi connectivity index (χ0) is 10.3. The van der Waals surface area contributed by atoms with E-state index in [0.717, 1.165) is 0 Å². The molecule has 6 heteroatoms. The van der Waals surface area contributed by atoms with Crippen LogP contribution in [0.2, 0.25) is 5.32 Å². The quantitative estimate of drug-likeness (QED) is 0.525. The molecule has 0 saturated heterocycles. The fraction of sp³-hybridized carbons (Fsp3) is 0.857. The third-order valence-electron chi connectivity index (χ3n) is 1.00. The van der Waals surface area contributed by atoms with Crippen LogP contribution in [0.1, 0.15) is 20.8 Å². The Bertz CT molecular complexity index is 197. The van der Waals surface area contributed by atoms with Crippen molar-refractivity contribution in [1.29, 1.82) is 0 Å². The average molecular weight is 273 g/mol. The molecular weight excluding hydrogens is 258 g/mol. The summed E-state index contributed by atoms with van der Waals surface area (Å²) in [5.74, 6) is 0.0274. The third-order valence-corrected chi connectivity index (χ3v) is 7.58. The molecule has 0 aromatic heterocycles. The van der Waals surface area contributed by atoms with Crippen molar-refractivity contribution in [1.82, 2.24) is 0 Å². The van der Waals surface area contributed by atoms with E-state index in [1.54, 1.807) is 13.8 Å². The van der Waals surface area contributed by atoms with Crippen molar-refractivity contribution in [2.75, 3.05) is 13.2 Å². The molecular formula is C7H15O4PSe. The van der Waals surface area contributed by atoms with E-state index in [2.05, 4.69) is 0 Å². The second-order valence-electron chi connectivity index (χ2n) is 2.26. The van der Waals surface area contributed by atoms with E-state index in [1.165, 1.54) is 6.92 Å². The molecule has 0 heterocycles. The number of hydrogen-bond donors (Lipinski definition) is 0. The van der Waals surface area contributed by atoms with Crippen LogP contribution in [0.15, 0.2) is 0 Å². The monoisotopic (exact) mass is 274 g/mol. The summed E-state index contributed by atoms with van der Waals surface area (Å²) in [5.41, 5.74) is 0. The summed E-state index contributed by atoms with van der Waals surface area (Å²) in [6, 6.07) is 0.